The number of para-hydroxylation sites is 2. The third-order valence-corrected chi connectivity index (χ3v) is 6.82. The number of fused-ring (bicyclic) bond motifs is 4. The Morgan fingerprint density at radius 3 is 2.03 bits per heavy atom. The molecule has 1 aliphatic carbocycles. The summed E-state index contributed by atoms with van der Waals surface area (Å²) in [5.74, 6) is 1.15. The average molecular weight is 395 g/mol. The van der Waals surface area contributed by atoms with Crippen molar-refractivity contribution >= 4 is 11.0 Å². The summed E-state index contributed by atoms with van der Waals surface area (Å²) < 4.78 is 2.24. The van der Waals surface area contributed by atoms with E-state index in [0.29, 0.717) is 6.04 Å². The molecule has 0 spiro atoms. The molecule has 1 aromatic heterocycles. The SMILES string of the molecule is Cn1c(CN2CCN(C3c4ccccc4-c4ccccc43)CC2)nc2ccccc21. The van der Waals surface area contributed by atoms with Crippen molar-refractivity contribution in [2.75, 3.05) is 26.2 Å². The largest absolute Gasteiger partial charge is 0.330 e. The van der Waals surface area contributed by atoms with Crippen LogP contribution in [0.15, 0.2) is 72.8 Å². The van der Waals surface area contributed by atoms with Gasteiger partial charge in [-0.3, -0.25) is 9.80 Å². The molecule has 2 aliphatic rings. The minimum absolute atomic E-state index is 0.385. The number of benzene rings is 3. The van der Waals surface area contributed by atoms with Gasteiger partial charge in [0.15, 0.2) is 0 Å². The monoisotopic (exact) mass is 394 g/mol. The van der Waals surface area contributed by atoms with Gasteiger partial charge in [-0.1, -0.05) is 60.7 Å². The Labute approximate surface area is 177 Å². The molecule has 0 amide bonds. The Bertz CT molecular complexity index is 1170. The predicted octanol–water partition coefficient (Wildman–Crippen LogP) is 4.46. The van der Waals surface area contributed by atoms with Crippen LogP contribution in [0.1, 0.15) is 23.0 Å². The maximum absolute atomic E-state index is 4.87. The van der Waals surface area contributed by atoms with E-state index in [1.54, 1.807) is 0 Å². The number of hydrogen-bond acceptors (Lipinski definition) is 3. The number of imidazole rings is 1. The molecular formula is C26H26N4. The highest BCUT2D eigenvalue weighted by Gasteiger charge is 2.34. The molecule has 0 atom stereocenters. The molecule has 0 saturated carbocycles. The van der Waals surface area contributed by atoms with Crippen LogP contribution in [0.5, 0.6) is 0 Å². The fourth-order valence-corrected chi connectivity index (χ4v) is 5.24. The summed E-state index contributed by atoms with van der Waals surface area (Å²) >= 11 is 0. The standard InChI is InChI=1S/C26H26N4/c1-28-24-13-7-6-12-23(24)27-25(28)18-29-14-16-30(17-15-29)26-21-10-4-2-8-19(21)20-9-3-5-11-22(20)26/h2-13,26H,14-18H2,1H3. The molecule has 1 saturated heterocycles. The minimum atomic E-state index is 0.385. The normalized spacial score (nSPS) is 17.4. The number of nitrogens with zero attached hydrogens (tertiary/aromatic N) is 4. The average Bonchev–Trinajstić information content (AvgIpc) is 3.30. The summed E-state index contributed by atoms with van der Waals surface area (Å²) in [6.07, 6.45) is 0. The highest BCUT2D eigenvalue weighted by molar-refractivity contribution is 5.78. The van der Waals surface area contributed by atoms with Crippen LogP contribution in [0.2, 0.25) is 0 Å². The van der Waals surface area contributed by atoms with Crippen molar-refractivity contribution in [1.82, 2.24) is 19.4 Å². The van der Waals surface area contributed by atoms with Gasteiger partial charge in [0.1, 0.15) is 5.82 Å². The van der Waals surface area contributed by atoms with E-state index < -0.39 is 0 Å². The molecule has 4 nitrogen and oxygen atoms in total. The number of piperazine rings is 1. The van der Waals surface area contributed by atoms with Gasteiger partial charge in [0, 0.05) is 33.2 Å². The summed E-state index contributed by atoms with van der Waals surface area (Å²) in [5.41, 5.74) is 8.03. The van der Waals surface area contributed by atoms with Gasteiger partial charge in [0.05, 0.1) is 23.6 Å². The second-order valence-electron chi connectivity index (χ2n) is 8.46. The van der Waals surface area contributed by atoms with Crippen molar-refractivity contribution in [3.8, 4) is 11.1 Å². The number of aromatic nitrogens is 2. The van der Waals surface area contributed by atoms with E-state index in [4.69, 9.17) is 4.98 Å². The summed E-state index contributed by atoms with van der Waals surface area (Å²) in [6, 6.07) is 26.6. The Kier molecular flexibility index (Phi) is 4.22. The topological polar surface area (TPSA) is 24.3 Å². The molecule has 3 aromatic carbocycles. The molecule has 2 heterocycles. The van der Waals surface area contributed by atoms with Crippen LogP contribution >= 0.6 is 0 Å². The second kappa shape index (κ2) is 7.08. The summed E-state index contributed by atoms with van der Waals surface area (Å²) in [6.45, 7) is 5.22. The maximum Gasteiger partial charge on any atom is 0.123 e. The summed E-state index contributed by atoms with van der Waals surface area (Å²) in [5, 5.41) is 0. The van der Waals surface area contributed by atoms with Crippen molar-refractivity contribution in [2.45, 2.75) is 12.6 Å². The molecule has 4 aromatic rings. The van der Waals surface area contributed by atoms with Crippen LogP contribution in [0.3, 0.4) is 0 Å². The quantitative estimate of drug-likeness (QED) is 0.513. The Morgan fingerprint density at radius 2 is 1.37 bits per heavy atom. The highest BCUT2D eigenvalue weighted by atomic mass is 15.3. The Balaban J connectivity index is 1.21. The van der Waals surface area contributed by atoms with E-state index in [0.717, 1.165) is 44.1 Å². The first-order chi connectivity index (χ1) is 14.8. The lowest BCUT2D eigenvalue weighted by Gasteiger charge is -2.38. The van der Waals surface area contributed by atoms with Crippen molar-refractivity contribution in [2.24, 2.45) is 7.05 Å². The Hall–Kier alpha value is -2.95. The van der Waals surface area contributed by atoms with Crippen LogP contribution in [0, 0.1) is 0 Å². The molecule has 0 bridgehead atoms. The first-order valence-electron chi connectivity index (χ1n) is 10.8. The van der Waals surface area contributed by atoms with E-state index in [2.05, 4.69) is 94.2 Å². The maximum atomic E-state index is 4.87. The number of hydrogen-bond donors (Lipinski definition) is 0. The molecule has 0 N–H and O–H groups in total. The molecule has 30 heavy (non-hydrogen) atoms. The zero-order valence-corrected chi connectivity index (χ0v) is 17.3. The molecule has 0 radical (unpaired) electrons. The van der Waals surface area contributed by atoms with Gasteiger partial charge in [-0.15, -0.1) is 0 Å². The fourth-order valence-electron chi connectivity index (χ4n) is 5.24. The van der Waals surface area contributed by atoms with E-state index >= 15 is 0 Å². The lowest BCUT2D eigenvalue weighted by atomic mass is 10.0. The molecule has 0 unspecified atom stereocenters. The molecule has 1 fully saturated rings. The van der Waals surface area contributed by atoms with Crippen LogP contribution in [-0.2, 0) is 13.6 Å². The van der Waals surface area contributed by atoms with E-state index in [-0.39, 0.29) is 0 Å². The highest BCUT2D eigenvalue weighted by Crippen LogP contribution is 2.46. The van der Waals surface area contributed by atoms with Crippen molar-refractivity contribution in [3.05, 3.63) is 89.7 Å². The molecule has 150 valence electrons. The second-order valence-corrected chi connectivity index (χ2v) is 8.46. The first kappa shape index (κ1) is 17.9. The van der Waals surface area contributed by atoms with Crippen molar-refractivity contribution in [1.29, 1.82) is 0 Å². The van der Waals surface area contributed by atoms with Crippen LogP contribution in [-0.4, -0.2) is 45.5 Å². The van der Waals surface area contributed by atoms with E-state index in [1.165, 1.54) is 27.8 Å². The summed E-state index contributed by atoms with van der Waals surface area (Å²) in [7, 11) is 2.13. The van der Waals surface area contributed by atoms with E-state index in [9.17, 15) is 0 Å². The fraction of sp³-hybridized carbons (Fsp3) is 0.269. The van der Waals surface area contributed by atoms with Crippen LogP contribution < -0.4 is 0 Å². The smallest absolute Gasteiger partial charge is 0.123 e. The van der Waals surface area contributed by atoms with Crippen molar-refractivity contribution < 1.29 is 0 Å². The molecule has 4 heteroatoms. The first-order valence-corrected chi connectivity index (χ1v) is 10.8. The van der Waals surface area contributed by atoms with Gasteiger partial charge < -0.3 is 4.57 Å². The van der Waals surface area contributed by atoms with Gasteiger partial charge in [-0.2, -0.15) is 0 Å². The number of aryl methyl sites for hydroxylation is 1. The number of rotatable bonds is 3. The lowest BCUT2D eigenvalue weighted by molar-refractivity contribution is 0.104. The Morgan fingerprint density at radius 1 is 0.767 bits per heavy atom. The van der Waals surface area contributed by atoms with Crippen molar-refractivity contribution in [3.63, 3.8) is 0 Å². The third kappa shape index (κ3) is 2.79. The van der Waals surface area contributed by atoms with Gasteiger partial charge in [0.2, 0.25) is 0 Å². The van der Waals surface area contributed by atoms with E-state index in [1.807, 2.05) is 0 Å². The van der Waals surface area contributed by atoms with Crippen LogP contribution in [0.4, 0.5) is 0 Å². The molecule has 6 rings (SSSR count). The third-order valence-electron chi connectivity index (χ3n) is 6.82. The molecular weight excluding hydrogens is 368 g/mol. The molecule has 1 aliphatic heterocycles. The van der Waals surface area contributed by atoms with Gasteiger partial charge >= 0.3 is 0 Å². The zero-order chi connectivity index (χ0) is 20.1. The predicted molar refractivity (Wildman–Crippen MR) is 121 cm³/mol. The van der Waals surface area contributed by atoms with Gasteiger partial charge in [-0.05, 0) is 34.4 Å². The van der Waals surface area contributed by atoms with Gasteiger partial charge in [-0.25, -0.2) is 4.98 Å². The lowest BCUT2D eigenvalue weighted by Crippen LogP contribution is -2.47. The summed E-state index contributed by atoms with van der Waals surface area (Å²) in [4.78, 5) is 10.1. The van der Waals surface area contributed by atoms with Crippen LogP contribution in [0.25, 0.3) is 22.2 Å². The van der Waals surface area contributed by atoms with Gasteiger partial charge in [0.25, 0.3) is 0 Å². The zero-order valence-electron chi connectivity index (χ0n) is 17.3. The minimum Gasteiger partial charge on any atom is -0.330 e.